The van der Waals surface area contributed by atoms with Gasteiger partial charge in [-0.2, -0.15) is 44.6 Å². The molecule has 340 valence electrons. The first-order valence-electron chi connectivity index (χ1n) is 18.3. The molecular weight excluding hydrogens is 908 g/mol. The summed E-state index contributed by atoms with van der Waals surface area (Å²) >= 11 is 5.11. The van der Waals surface area contributed by atoms with Crippen LogP contribution < -0.4 is 33.9 Å². The number of aryl methyl sites for hydroxylation is 4. The number of piperidine rings is 1. The maximum atomic E-state index is 13.1. The van der Waals surface area contributed by atoms with Crippen LogP contribution in [-0.4, -0.2) is 71.5 Å². The number of rotatable bonds is 10. The normalized spacial score (nSPS) is 14.6. The molecule has 11 nitrogen and oxygen atoms in total. The third-order valence-electron chi connectivity index (χ3n) is 8.79. The number of alkyl halides is 9. The van der Waals surface area contributed by atoms with Crippen molar-refractivity contribution < 1.29 is 97.0 Å². The van der Waals surface area contributed by atoms with Crippen LogP contribution in [0.15, 0.2) is 67.0 Å². The van der Waals surface area contributed by atoms with E-state index in [1.165, 1.54) is 56.0 Å². The minimum absolute atomic E-state index is 0. The summed E-state index contributed by atoms with van der Waals surface area (Å²) < 4.78 is 146. The zero-order valence-corrected chi connectivity index (χ0v) is 38.4. The average molecular weight is 950 g/mol. The maximum absolute atomic E-state index is 13.1. The molecule has 1 amide bonds. The predicted octanol–water partition coefficient (Wildman–Crippen LogP) is 6.00. The number of anilines is 1. The summed E-state index contributed by atoms with van der Waals surface area (Å²) in [5.74, 6) is -2.18. The summed E-state index contributed by atoms with van der Waals surface area (Å²) in [6.07, 6.45) is -10.3. The van der Waals surface area contributed by atoms with Crippen molar-refractivity contribution >= 4 is 44.6 Å². The van der Waals surface area contributed by atoms with Gasteiger partial charge < -0.3 is 19.5 Å². The first kappa shape index (κ1) is 55.0. The van der Waals surface area contributed by atoms with Gasteiger partial charge in [-0.25, -0.2) is 8.42 Å². The molecule has 0 saturated carbocycles. The Balaban J connectivity index is 0.000000367. The van der Waals surface area contributed by atoms with Gasteiger partial charge in [0.1, 0.15) is 0 Å². The van der Waals surface area contributed by atoms with Crippen LogP contribution in [-0.2, 0) is 69.4 Å². The molecule has 1 unspecified atom stereocenters. The molecule has 5 rings (SSSR count). The number of aromatic nitrogens is 2. The number of benzene rings is 3. The van der Waals surface area contributed by atoms with Crippen LogP contribution in [0.1, 0.15) is 62.9 Å². The minimum atomic E-state index is -4.57. The number of nitrogens with zero attached hydrogens (tertiary/aromatic N) is 5. The summed E-state index contributed by atoms with van der Waals surface area (Å²) in [7, 11) is -0.935. The van der Waals surface area contributed by atoms with Crippen LogP contribution in [0, 0.1) is 20.8 Å². The van der Waals surface area contributed by atoms with Gasteiger partial charge in [0.15, 0.2) is 10.2 Å². The van der Waals surface area contributed by atoms with E-state index in [1.807, 2.05) is 11.9 Å². The van der Waals surface area contributed by atoms with Gasteiger partial charge in [0.05, 0.1) is 46.9 Å². The molecule has 4 aromatic rings. The molecule has 1 atom stereocenters. The molecule has 3 aromatic carbocycles. The Morgan fingerprint density at radius 2 is 1.19 bits per heavy atom. The van der Waals surface area contributed by atoms with Crippen molar-refractivity contribution in [3.8, 4) is 0 Å². The van der Waals surface area contributed by atoms with Crippen LogP contribution in [0.5, 0.6) is 0 Å². The summed E-state index contributed by atoms with van der Waals surface area (Å²) in [6.45, 7) is 5.78. The molecule has 1 fully saturated rings. The molecule has 0 bridgehead atoms. The molecule has 0 aliphatic carbocycles. The molecule has 1 N–H and O–H groups in total. The summed E-state index contributed by atoms with van der Waals surface area (Å²) in [5.41, 5.74) is -0.519. The SMILES string of the molecule is Cc1cc(CC(=O)Cl)cc(C(F)(F)F)c1.Cc1cc(CC(=O)O)cc(C(F)(F)F)c1.Cc1cc(CC(=O)[N-]S(=O)(=O)N(c2cnn(C)c2)C2CCCN(C)C2)cc(C(F)(F)F)c1.[Na+]. The number of halogens is 10. The summed E-state index contributed by atoms with van der Waals surface area (Å²) in [5, 5.41) is 11.8. The third-order valence-corrected chi connectivity index (χ3v) is 10.4. The molecule has 63 heavy (non-hydrogen) atoms. The smallest absolute Gasteiger partial charge is 0.528 e. The van der Waals surface area contributed by atoms with Crippen LogP contribution in [0.4, 0.5) is 45.2 Å². The topological polar surface area (TPSA) is 144 Å². The van der Waals surface area contributed by atoms with E-state index in [2.05, 4.69) is 9.82 Å². The number of hydrogen-bond acceptors (Lipinski definition) is 7. The maximum Gasteiger partial charge on any atom is 1.00 e. The number of amides is 1. The number of likely N-dealkylation sites (N-methyl/N-ethyl adjacent to an activating group) is 1. The van der Waals surface area contributed by atoms with Gasteiger partial charge in [0, 0.05) is 32.6 Å². The molecular formula is C40H42ClF9N5NaO6S. The first-order chi connectivity index (χ1) is 28.4. The third kappa shape index (κ3) is 18.1. The summed E-state index contributed by atoms with van der Waals surface area (Å²) in [4.78, 5) is 35.4. The van der Waals surface area contributed by atoms with E-state index >= 15 is 0 Å². The number of hydrogen-bond donors (Lipinski definition) is 1. The molecule has 0 radical (unpaired) electrons. The van der Waals surface area contributed by atoms with Crippen LogP contribution in [0.3, 0.4) is 0 Å². The zero-order chi connectivity index (χ0) is 47.0. The Labute approximate surface area is 385 Å². The van der Waals surface area contributed by atoms with Crippen molar-refractivity contribution in [2.45, 2.75) is 77.4 Å². The summed E-state index contributed by atoms with van der Waals surface area (Å²) in [6, 6.07) is 9.52. The van der Waals surface area contributed by atoms with Crippen molar-refractivity contribution in [1.82, 2.24) is 14.7 Å². The second-order valence-electron chi connectivity index (χ2n) is 14.6. The molecule has 1 aliphatic rings. The van der Waals surface area contributed by atoms with Gasteiger partial charge in [0.2, 0.25) is 5.24 Å². The van der Waals surface area contributed by atoms with Gasteiger partial charge in [0.25, 0.3) is 0 Å². The van der Waals surface area contributed by atoms with Crippen molar-refractivity contribution in [2.75, 3.05) is 24.4 Å². The van der Waals surface area contributed by atoms with Crippen molar-refractivity contribution in [2.24, 2.45) is 7.05 Å². The van der Waals surface area contributed by atoms with Crippen LogP contribution in [0.25, 0.3) is 4.72 Å². The van der Waals surface area contributed by atoms with E-state index in [0.717, 1.165) is 53.7 Å². The molecule has 1 saturated heterocycles. The number of carboxylic acid groups (broad SMARTS) is 1. The van der Waals surface area contributed by atoms with E-state index < -0.39 is 81.4 Å². The van der Waals surface area contributed by atoms with Crippen LogP contribution in [0.2, 0.25) is 0 Å². The predicted molar refractivity (Wildman–Crippen MR) is 212 cm³/mol. The fourth-order valence-corrected chi connectivity index (χ4v) is 7.96. The van der Waals surface area contributed by atoms with Crippen LogP contribution >= 0.6 is 11.6 Å². The number of aliphatic carboxylic acids is 1. The Morgan fingerprint density at radius 1 is 0.762 bits per heavy atom. The van der Waals surface area contributed by atoms with Crippen molar-refractivity contribution in [3.63, 3.8) is 0 Å². The molecule has 1 aliphatic heterocycles. The molecule has 1 aromatic heterocycles. The Bertz CT molecular complexity index is 2270. The first-order valence-corrected chi connectivity index (χ1v) is 20.1. The monoisotopic (exact) mass is 949 g/mol. The Morgan fingerprint density at radius 3 is 1.56 bits per heavy atom. The van der Waals surface area contributed by atoms with E-state index in [-0.39, 0.29) is 58.4 Å². The van der Waals surface area contributed by atoms with Crippen molar-refractivity contribution in [3.05, 3.63) is 122 Å². The molecule has 2 heterocycles. The van der Waals surface area contributed by atoms with Gasteiger partial charge in [-0.05, 0) is 112 Å². The Hall–Kier alpha value is -4.15. The number of carbonyl (C=O) groups excluding carboxylic acids is 2. The number of likely N-dealkylation sites (tertiary alicyclic amines) is 1. The van der Waals surface area contributed by atoms with E-state index in [4.69, 9.17) is 16.7 Å². The zero-order valence-electron chi connectivity index (χ0n) is 34.8. The van der Waals surface area contributed by atoms with Crippen molar-refractivity contribution in [1.29, 1.82) is 0 Å². The van der Waals surface area contributed by atoms with Gasteiger partial charge >= 0.3 is 54.1 Å². The standard InChI is InChI=1S/C20H26F3N5O3S.C10H8ClF3O.C10H9F3O2.Na/c1-14-7-15(9-16(8-14)20(21,22)23)10-19(29)25-32(30,31)28(18-11-24-27(3)13-18)17-5-4-6-26(2)12-17;1-6-2-7(5-9(11)15)4-8(3-6)10(12,13)14;1-6-2-7(5-9(14)15)4-8(3-6)10(11,12)13;/h7-9,11,13,17H,4-6,10,12H2,1-3H3,(H,25,29);2-4H,5H2,1H3;2-4H,5H2,1H3,(H,14,15);/q;;;+1/p-1. The van der Waals surface area contributed by atoms with Gasteiger partial charge in [-0.1, -0.05) is 34.9 Å². The largest absolute Gasteiger partial charge is 1.00 e. The molecule has 0 spiro atoms. The van der Waals surface area contributed by atoms with Gasteiger partial charge in [-0.3, -0.25) is 18.6 Å². The van der Waals surface area contributed by atoms with E-state index in [9.17, 15) is 62.3 Å². The second-order valence-corrected chi connectivity index (χ2v) is 16.5. The molecule has 23 heteroatoms. The van der Waals surface area contributed by atoms with Gasteiger partial charge in [-0.15, -0.1) is 0 Å². The average Bonchev–Trinajstić information content (AvgIpc) is 3.51. The Kier molecular flexibility index (Phi) is 19.8. The fourth-order valence-electron chi connectivity index (χ4n) is 6.48. The van der Waals surface area contributed by atoms with E-state index in [0.29, 0.717) is 29.7 Å². The quantitative estimate of drug-likeness (QED) is 0.116. The number of carboxylic acids is 1. The van der Waals surface area contributed by atoms with E-state index in [1.54, 1.807) is 7.05 Å². The fraction of sp³-hybridized carbons (Fsp3) is 0.400. The number of carbonyl (C=O) groups is 3. The second kappa shape index (κ2) is 22.7. The minimum Gasteiger partial charge on any atom is -0.528 e.